The minimum atomic E-state index is -3.09. The molecule has 2 unspecified atom stereocenters. The van der Waals surface area contributed by atoms with E-state index in [1.807, 2.05) is 0 Å². The van der Waals surface area contributed by atoms with Crippen LogP contribution in [0.3, 0.4) is 0 Å². The maximum absolute atomic E-state index is 13.8. The number of nitrogens with one attached hydrogen (secondary N) is 1. The summed E-state index contributed by atoms with van der Waals surface area (Å²) in [7, 11) is -1.36. The number of halogens is 2. The van der Waals surface area contributed by atoms with Crippen LogP contribution in [0.2, 0.25) is 5.02 Å². The minimum absolute atomic E-state index is 0.235. The zero-order valence-electron chi connectivity index (χ0n) is 11.4. The zero-order chi connectivity index (χ0) is 14.8. The topological polar surface area (TPSA) is 46.2 Å². The van der Waals surface area contributed by atoms with E-state index in [2.05, 4.69) is 5.32 Å². The Morgan fingerprint density at radius 2 is 2.20 bits per heavy atom. The van der Waals surface area contributed by atoms with E-state index in [1.165, 1.54) is 6.07 Å². The van der Waals surface area contributed by atoms with Gasteiger partial charge in [-0.05, 0) is 44.0 Å². The highest BCUT2D eigenvalue weighted by Crippen LogP contribution is 2.25. The monoisotopic (exact) mass is 319 g/mol. The van der Waals surface area contributed by atoms with Gasteiger partial charge in [0.15, 0.2) is 9.84 Å². The molecule has 0 amide bonds. The Labute approximate surface area is 124 Å². The Hall–Kier alpha value is -0.650. The summed E-state index contributed by atoms with van der Waals surface area (Å²) in [6, 6.07) is 4.24. The second-order valence-electron chi connectivity index (χ2n) is 5.24. The second kappa shape index (κ2) is 6.41. The van der Waals surface area contributed by atoms with Crippen LogP contribution in [0.4, 0.5) is 4.39 Å². The van der Waals surface area contributed by atoms with Gasteiger partial charge in [-0.3, -0.25) is 0 Å². The molecule has 1 aliphatic heterocycles. The Morgan fingerprint density at radius 1 is 1.45 bits per heavy atom. The van der Waals surface area contributed by atoms with Gasteiger partial charge in [-0.15, -0.1) is 0 Å². The third kappa shape index (κ3) is 3.51. The molecule has 0 saturated carbocycles. The van der Waals surface area contributed by atoms with E-state index in [9.17, 15) is 12.8 Å². The lowest BCUT2D eigenvalue weighted by Gasteiger charge is -2.30. The largest absolute Gasteiger partial charge is 0.315 e. The average molecular weight is 320 g/mol. The lowest BCUT2D eigenvalue weighted by molar-refractivity contribution is 0.450. The molecule has 0 spiro atoms. The summed E-state index contributed by atoms with van der Waals surface area (Å²) in [6.07, 6.45) is 2.63. The molecule has 112 valence electrons. The molecule has 2 rings (SSSR count). The van der Waals surface area contributed by atoms with Gasteiger partial charge in [0.05, 0.1) is 11.0 Å². The van der Waals surface area contributed by atoms with Gasteiger partial charge >= 0.3 is 0 Å². The van der Waals surface area contributed by atoms with Crippen molar-refractivity contribution in [3.63, 3.8) is 0 Å². The highest BCUT2D eigenvalue weighted by atomic mass is 35.5. The lowest BCUT2D eigenvalue weighted by Crippen LogP contribution is -2.46. The number of benzene rings is 1. The zero-order valence-corrected chi connectivity index (χ0v) is 13.0. The molecule has 20 heavy (non-hydrogen) atoms. The van der Waals surface area contributed by atoms with Crippen LogP contribution >= 0.6 is 11.6 Å². The molecule has 1 saturated heterocycles. The standard InChI is InChI=1S/C14H19ClFNO2S/c1-17-13(14-4-2-3-7-20(14,18)19)8-10-5-6-11(15)9-12(10)16/h5-6,9,13-14,17H,2-4,7-8H2,1H3. The summed E-state index contributed by atoms with van der Waals surface area (Å²) in [5.74, 6) is -0.148. The Kier molecular flexibility index (Phi) is 5.04. The summed E-state index contributed by atoms with van der Waals surface area (Å²) in [4.78, 5) is 0. The van der Waals surface area contributed by atoms with Crippen LogP contribution in [0.1, 0.15) is 24.8 Å². The molecule has 0 aliphatic carbocycles. The molecule has 1 aromatic carbocycles. The molecule has 0 bridgehead atoms. The molecule has 1 N–H and O–H groups in total. The average Bonchev–Trinajstić information content (AvgIpc) is 2.38. The van der Waals surface area contributed by atoms with E-state index >= 15 is 0 Å². The van der Waals surface area contributed by atoms with Crippen molar-refractivity contribution in [3.05, 3.63) is 34.6 Å². The first kappa shape index (κ1) is 15.7. The van der Waals surface area contributed by atoms with Crippen molar-refractivity contribution in [2.45, 2.75) is 37.0 Å². The summed E-state index contributed by atoms with van der Waals surface area (Å²) in [6.45, 7) is 0. The number of likely N-dealkylation sites (N-methyl/N-ethyl adjacent to an activating group) is 1. The number of hydrogen-bond acceptors (Lipinski definition) is 3. The SMILES string of the molecule is CNC(Cc1ccc(Cl)cc1F)C1CCCCS1(=O)=O. The van der Waals surface area contributed by atoms with Gasteiger partial charge in [-0.1, -0.05) is 24.1 Å². The normalized spacial score (nSPS) is 23.4. The van der Waals surface area contributed by atoms with Gasteiger partial charge in [-0.25, -0.2) is 12.8 Å². The van der Waals surface area contributed by atoms with Crippen molar-refractivity contribution in [1.82, 2.24) is 5.32 Å². The van der Waals surface area contributed by atoms with Gasteiger partial charge in [0.1, 0.15) is 5.82 Å². The molecular formula is C14H19ClFNO2S. The molecule has 1 heterocycles. The second-order valence-corrected chi connectivity index (χ2v) is 8.01. The first-order valence-corrected chi connectivity index (χ1v) is 8.86. The van der Waals surface area contributed by atoms with E-state index < -0.39 is 15.1 Å². The van der Waals surface area contributed by atoms with Crippen LogP contribution < -0.4 is 5.32 Å². The van der Waals surface area contributed by atoms with Crippen molar-refractivity contribution in [3.8, 4) is 0 Å². The Balaban J connectivity index is 2.20. The fourth-order valence-electron chi connectivity index (χ4n) is 2.77. The maximum atomic E-state index is 13.8. The van der Waals surface area contributed by atoms with Crippen molar-refractivity contribution < 1.29 is 12.8 Å². The number of hydrogen-bond donors (Lipinski definition) is 1. The Morgan fingerprint density at radius 3 is 2.80 bits per heavy atom. The fraction of sp³-hybridized carbons (Fsp3) is 0.571. The predicted octanol–water partition coefficient (Wildman–Crippen LogP) is 2.58. The summed E-state index contributed by atoms with van der Waals surface area (Å²) < 4.78 is 38.2. The van der Waals surface area contributed by atoms with E-state index in [4.69, 9.17) is 11.6 Å². The van der Waals surface area contributed by atoms with Gasteiger partial charge in [0.25, 0.3) is 0 Å². The fourth-order valence-corrected chi connectivity index (χ4v) is 5.10. The third-order valence-electron chi connectivity index (χ3n) is 3.90. The molecule has 6 heteroatoms. The number of rotatable bonds is 4. The quantitative estimate of drug-likeness (QED) is 0.928. The lowest BCUT2D eigenvalue weighted by atomic mass is 9.99. The molecule has 1 fully saturated rings. The van der Waals surface area contributed by atoms with Crippen LogP contribution in [0.15, 0.2) is 18.2 Å². The van der Waals surface area contributed by atoms with Crippen LogP contribution in [0.5, 0.6) is 0 Å². The van der Waals surface area contributed by atoms with Crippen molar-refractivity contribution in [2.24, 2.45) is 0 Å². The smallest absolute Gasteiger partial charge is 0.154 e. The Bertz CT molecular complexity index is 577. The van der Waals surface area contributed by atoms with Crippen LogP contribution in [0, 0.1) is 5.82 Å². The van der Waals surface area contributed by atoms with E-state index in [0.717, 1.165) is 12.8 Å². The summed E-state index contributed by atoms with van der Waals surface area (Å²) >= 11 is 5.73. The van der Waals surface area contributed by atoms with Crippen molar-refractivity contribution in [2.75, 3.05) is 12.8 Å². The highest BCUT2D eigenvalue weighted by molar-refractivity contribution is 7.92. The van der Waals surface area contributed by atoms with Crippen molar-refractivity contribution >= 4 is 21.4 Å². The molecule has 0 aromatic heterocycles. The van der Waals surface area contributed by atoms with Crippen molar-refractivity contribution in [1.29, 1.82) is 0 Å². The maximum Gasteiger partial charge on any atom is 0.154 e. The first-order valence-electron chi connectivity index (χ1n) is 6.77. The molecule has 3 nitrogen and oxygen atoms in total. The molecule has 2 atom stereocenters. The summed E-state index contributed by atoms with van der Waals surface area (Å²) in [5.41, 5.74) is 0.495. The van der Waals surface area contributed by atoms with E-state index in [-0.39, 0.29) is 17.6 Å². The van der Waals surface area contributed by atoms with Crippen LogP contribution in [-0.2, 0) is 16.3 Å². The molecule has 0 radical (unpaired) electrons. The van der Waals surface area contributed by atoms with Gasteiger partial charge < -0.3 is 5.32 Å². The van der Waals surface area contributed by atoms with Crippen LogP contribution in [0.25, 0.3) is 0 Å². The molecular weight excluding hydrogens is 301 g/mol. The van der Waals surface area contributed by atoms with E-state index in [1.54, 1.807) is 19.2 Å². The van der Waals surface area contributed by atoms with Gasteiger partial charge in [0.2, 0.25) is 0 Å². The first-order chi connectivity index (χ1) is 9.44. The summed E-state index contributed by atoms with van der Waals surface area (Å²) in [5, 5.41) is 2.95. The highest BCUT2D eigenvalue weighted by Gasteiger charge is 2.35. The predicted molar refractivity (Wildman–Crippen MR) is 79.4 cm³/mol. The minimum Gasteiger partial charge on any atom is -0.315 e. The number of sulfone groups is 1. The van der Waals surface area contributed by atoms with Gasteiger partial charge in [0, 0.05) is 11.1 Å². The van der Waals surface area contributed by atoms with E-state index in [0.29, 0.717) is 23.4 Å². The molecule has 1 aliphatic rings. The van der Waals surface area contributed by atoms with Gasteiger partial charge in [-0.2, -0.15) is 0 Å². The third-order valence-corrected chi connectivity index (χ3v) is 6.48. The van der Waals surface area contributed by atoms with Crippen LogP contribution in [-0.4, -0.2) is 32.5 Å². The molecule has 1 aromatic rings.